The predicted molar refractivity (Wildman–Crippen MR) is 137 cm³/mol. The van der Waals surface area contributed by atoms with Crippen molar-refractivity contribution >= 4 is 17.3 Å². The predicted octanol–water partition coefficient (Wildman–Crippen LogP) is 5.51. The van der Waals surface area contributed by atoms with Gasteiger partial charge in [-0.1, -0.05) is 49.9 Å². The Hall–Kier alpha value is -3.28. The maximum atomic E-state index is 11.8. The molecule has 1 saturated carbocycles. The van der Waals surface area contributed by atoms with E-state index in [1.54, 1.807) is 0 Å². The molecule has 3 aromatic rings. The van der Waals surface area contributed by atoms with E-state index in [0.717, 1.165) is 47.1 Å². The molecule has 0 bridgehead atoms. The number of nitrogens with zero attached hydrogens (tertiary/aromatic N) is 2. The van der Waals surface area contributed by atoms with Crippen molar-refractivity contribution in [1.29, 1.82) is 0 Å². The van der Waals surface area contributed by atoms with Crippen LogP contribution in [0.2, 0.25) is 0 Å². The molecule has 6 nitrogen and oxygen atoms in total. The summed E-state index contributed by atoms with van der Waals surface area (Å²) in [4.78, 5) is 16.5. The minimum atomic E-state index is -0.823. The molecule has 0 saturated heterocycles. The van der Waals surface area contributed by atoms with Gasteiger partial charge in [0.2, 0.25) is 0 Å². The van der Waals surface area contributed by atoms with Crippen molar-refractivity contribution in [3.8, 4) is 0 Å². The van der Waals surface area contributed by atoms with Crippen LogP contribution in [0.25, 0.3) is 0 Å². The van der Waals surface area contributed by atoms with Gasteiger partial charge in [0.05, 0.1) is 17.8 Å². The zero-order valence-corrected chi connectivity index (χ0v) is 20.5. The van der Waals surface area contributed by atoms with Crippen molar-refractivity contribution in [3.05, 3.63) is 76.4 Å². The maximum Gasteiger partial charge on any atom is 0.304 e. The number of imidazole rings is 1. The van der Waals surface area contributed by atoms with Crippen LogP contribution < -0.4 is 11.1 Å². The number of nitrogens with two attached hydrogens (primary N) is 1. The largest absolute Gasteiger partial charge is 0.481 e. The highest BCUT2D eigenvalue weighted by Crippen LogP contribution is 2.36. The average molecular weight is 461 g/mol. The number of hydrogen-bond acceptors (Lipinski definition) is 4. The summed E-state index contributed by atoms with van der Waals surface area (Å²) in [5.74, 6) is 0.787. The highest BCUT2D eigenvalue weighted by Gasteiger charge is 2.23. The number of aryl methyl sites for hydroxylation is 1. The molecule has 1 aromatic heterocycles. The zero-order valence-electron chi connectivity index (χ0n) is 20.5. The number of carbonyl (C=O) groups is 1. The Labute approximate surface area is 202 Å². The fraction of sp³-hybridized carbons (Fsp3) is 0.429. The lowest BCUT2D eigenvalue weighted by Crippen LogP contribution is -2.13. The van der Waals surface area contributed by atoms with E-state index in [-0.39, 0.29) is 12.3 Å². The van der Waals surface area contributed by atoms with Gasteiger partial charge in [-0.2, -0.15) is 0 Å². The maximum absolute atomic E-state index is 11.8. The van der Waals surface area contributed by atoms with Gasteiger partial charge in [0.15, 0.2) is 0 Å². The molecule has 2 aromatic carbocycles. The van der Waals surface area contributed by atoms with Gasteiger partial charge in [-0.05, 0) is 53.6 Å². The van der Waals surface area contributed by atoms with Crippen molar-refractivity contribution in [2.75, 3.05) is 18.1 Å². The molecule has 4 rings (SSSR count). The van der Waals surface area contributed by atoms with Gasteiger partial charge in [0.25, 0.3) is 0 Å². The van der Waals surface area contributed by atoms with E-state index in [2.05, 4.69) is 46.2 Å². The molecule has 0 aliphatic heterocycles. The number of aromatic nitrogens is 2. The lowest BCUT2D eigenvalue weighted by atomic mass is 9.84. The zero-order chi connectivity index (χ0) is 24.2. The number of anilines is 2. The molecule has 180 valence electrons. The van der Waals surface area contributed by atoms with E-state index < -0.39 is 5.97 Å². The van der Waals surface area contributed by atoms with Gasteiger partial charge in [0, 0.05) is 38.3 Å². The molecule has 6 heteroatoms. The first-order chi connectivity index (χ1) is 16.4. The minimum absolute atomic E-state index is 0.0136. The number of aliphatic carboxylic acids is 1. The second-order valence-electron chi connectivity index (χ2n) is 9.65. The van der Waals surface area contributed by atoms with Crippen molar-refractivity contribution in [1.82, 2.24) is 9.55 Å². The summed E-state index contributed by atoms with van der Waals surface area (Å²) in [5.41, 5.74) is 13.1. The Kier molecular flexibility index (Phi) is 7.25. The Balaban J connectivity index is 1.66. The number of benzene rings is 2. The quantitative estimate of drug-likeness (QED) is 0.366. The molecule has 0 spiro atoms. The highest BCUT2D eigenvalue weighted by atomic mass is 16.4. The number of carboxylic acid groups (broad SMARTS) is 1. The summed E-state index contributed by atoms with van der Waals surface area (Å²) < 4.78 is 2.25. The van der Waals surface area contributed by atoms with E-state index in [9.17, 15) is 9.90 Å². The highest BCUT2D eigenvalue weighted by molar-refractivity contribution is 5.74. The normalized spacial score (nSPS) is 14.9. The molecule has 1 aliphatic carbocycles. The van der Waals surface area contributed by atoms with Crippen LogP contribution in [0, 0.1) is 19.8 Å². The summed E-state index contributed by atoms with van der Waals surface area (Å²) in [6.07, 6.45) is 10.3. The third-order valence-corrected chi connectivity index (χ3v) is 7.44. The number of nitrogens with one attached hydrogen (secondary N) is 1. The minimum Gasteiger partial charge on any atom is -0.481 e. The first kappa shape index (κ1) is 23.9. The Bertz CT molecular complexity index is 1160. The lowest BCUT2D eigenvalue weighted by molar-refractivity contribution is -0.137. The third kappa shape index (κ3) is 5.11. The Morgan fingerprint density at radius 1 is 1.24 bits per heavy atom. The average Bonchev–Trinajstić information content (AvgIpc) is 3.48. The standard InChI is InChI=1S/C28H36N4O2/c1-18-8-9-21(24(16-27(33)34)23-10-11-25(30-3)28(29)19(23)2)15-22(18)17-32-13-12-31-26(32)14-20-6-4-5-7-20/h8-13,15,20,24,30H,4-7,14,16-17,29H2,1-3H3,(H,33,34). The molecule has 1 heterocycles. The van der Waals surface area contributed by atoms with E-state index in [4.69, 9.17) is 5.73 Å². The van der Waals surface area contributed by atoms with Gasteiger partial charge in [-0.15, -0.1) is 0 Å². The van der Waals surface area contributed by atoms with E-state index in [1.165, 1.54) is 36.8 Å². The number of nitrogen functional groups attached to an aromatic ring is 1. The second kappa shape index (κ2) is 10.3. The van der Waals surface area contributed by atoms with E-state index >= 15 is 0 Å². The number of hydrogen-bond donors (Lipinski definition) is 3. The van der Waals surface area contributed by atoms with E-state index in [0.29, 0.717) is 5.69 Å². The molecule has 34 heavy (non-hydrogen) atoms. The van der Waals surface area contributed by atoms with Crippen LogP contribution in [-0.2, 0) is 17.8 Å². The summed E-state index contributed by atoms with van der Waals surface area (Å²) in [7, 11) is 1.84. The first-order valence-electron chi connectivity index (χ1n) is 12.2. The van der Waals surface area contributed by atoms with Crippen molar-refractivity contribution < 1.29 is 9.90 Å². The molecule has 0 amide bonds. The van der Waals surface area contributed by atoms with Gasteiger partial charge in [-0.3, -0.25) is 4.79 Å². The molecule has 1 fully saturated rings. The molecule has 1 atom stereocenters. The Morgan fingerprint density at radius 2 is 2.00 bits per heavy atom. The second-order valence-corrected chi connectivity index (χ2v) is 9.65. The Morgan fingerprint density at radius 3 is 2.71 bits per heavy atom. The molecular formula is C28H36N4O2. The first-order valence-corrected chi connectivity index (χ1v) is 12.2. The van der Waals surface area contributed by atoms with Crippen LogP contribution in [0.4, 0.5) is 11.4 Å². The van der Waals surface area contributed by atoms with Crippen molar-refractivity contribution in [3.63, 3.8) is 0 Å². The molecular weight excluding hydrogens is 424 g/mol. The summed E-state index contributed by atoms with van der Waals surface area (Å²) in [5, 5.41) is 12.8. The molecule has 1 unspecified atom stereocenters. The SMILES string of the molecule is CNc1ccc(C(CC(=O)O)c2ccc(C)c(Cn3ccnc3CC3CCCC3)c2)c(C)c1N. The monoisotopic (exact) mass is 460 g/mol. The van der Waals surface area contributed by atoms with Crippen molar-refractivity contribution in [2.45, 2.75) is 64.8 Å². The fourth-order valence-corrected chi connectivity index (χ4v) is 5.33. The molecule has 4 N–H and O–H groups in total. The van der Waals surface area contributed by atoms with Gasteiger partial charge in [-0.25, -0.2) is 4.98 Å². The van der Waals surface area contributed by atoms with Gasteiger partial charge in [0.1, 0.15) is 5.82 Å². The van der Waals surface area contributed by atoms with Crippen molar-refractivity contribution in [2.24, 2.45) is 5.92 Å². The van der Waals surface area contributed by atoms with Crippen LogP contribution >= 0.6 is 0 Å². The third-order valence-electron chi connectivity index (χ3n) is 7.44. The number of carboxylic acids is 1. The van der Waals surface area contributed by atoms with Crippen LogP contribution in [0.5, 0.6) is 0 Å². The summed E-state index contributed by atoms with van der Waals surface area (Å²) >= 11 is 0. The smallest absolute Gasteiger partial charge is 0.304 e. The van der Waals surface area contributed by atoms with Gasteiger partial charge < -0.3 is 20.7 Å². The molecule has 0 radical (unpaired) electrons. The molecule has 1 aliphatic rings. The van der Waals surface area contributed by atoms with Crippen LogP contribution in [0.3, 0.4) is 0 Å². The van der Waals surface area contributed by atoms with E-state index in [1.807, 2.05) is 32.3 Å². The summed E-state index contributed by atoms with van der Waals surface area (Å²) in [6.45, 7) is 4.82. The topological polar surface area (TPSA) is 93.2 Å². The van der Waals surface area contributed by atoms with Crippen LogP contribution in [-0.4, -0.2) is 27.7 Å². The van der Waals surface area contributed by atoms with Crippen LogP contribution in [0.1, 0.15) is 71.7 Å². The summed E-state index contributed by atoms with van der Waals surface area (Å²) in [6, 6.07) is 10.3. The number of rotatable bonds is 9. The van der Waals surface area contributed by atoms with Crippen LogP contribution in [0.15, 0.2) is 42.7 Å². The van der Waals surface area contributed by atoms with Gasteiger partial charge >= 0.3 is 5.97 Å². The fourth-order valence-electron chi connectivity index (χ4n) is 5.33. The lowest BCUT2D eigenvalue weighted by Gasteiger charge is -2.22.